The van der Waals surface area contributed by atoms with Gasteiger partial charge in [-0.3, -0.25) is 0 Å². The molecule has 0 radical (unpaired) electrons. The van der Waals surface area contributed by atoms with Crippen molar-refractivity contribution in [3.05, 3.63) is 16.6 Å². The summed E-state index contributed by atoms with van der Waals surface area (Å²) in [5.74, 6) is 0.536. The van der Waals surface area contributed by atoms with Crippen molar-refractivity contribution in [3.63, 3.8) is 0 Å². The zero-order valence-electron chi connectivity index (χ0n) is 9.29. The highest BCUT2D eigenvalue weighted by molar-refractivity contribution is 7.09. The summed E-state index contributed by atoms with van der Waals surface area (Å²) in [7, 11) is 0. The molecule has 2 nitrogen and oxygen atoms in total. The van der Waals surface area contributed by atoms with Crippen LogP contribution in [0.15, 0.2) is 11.6 Å². The van der Waals surface area contributed by atoms with Crippen molar-refractivity contribution in [1.29, 1.82) is 0 Å². The molecule has 0 bridgehead atoms. The summed E-state index contributed by atoms with van der Waals surface area (Å²) in [5.41, 5.74) is 0. The van der Waals surface area contributed by atoms with Crippen LogP contribution in [0.5, 0.6) is 0 Å². The molecule has 0 aliphatic rings. The van der Waals surface area contributed by atoms with Crippen molar-refractivity contribution in [2.75, 3.05) is 6.54 Å². The highest BCUT2D eigenvalue weighted by Crippen LogP contribution is 2.16. The zero-order valence-corrected chi connectivity index (χ0v) is 10.1. The maximum Gasteiger partial charge on any atom is 0.0965 e. The fraction of sp³-hybridized carbons (Fsp3) is 0.727. The molecule has 0 aliphatic carbocycles. The van der Waals surface area contributed by atoms with Gasteiger partial charge in [-0.25, -0.2) is 4.98 Å². The Kier molecular flexibility index (Phi) is 5.12. The molecule has 1 heterocycles. The Hall–Kier alpha value is -0.410. The number of hydrogen-bond donors (Lipinski definition) is 1. The smallest absolute Gasteiger partial charge is 0.0965 e. The summed E-state index contributed by atoms with van der Waals surface area (Å²) in [6.45, 7) is 7.74. The van der Waals surface area contributed by atoms with E-state index in [2.05, 4.69) is 31.1 Å². The lowest BCUT2D eigenvalue weighted by molar-refractivity contribution is 0.487. The van der Waals surface area contributed by atoms with Crippen LogP contribution in [0, 0.1) is 0 Å². The fourth-order valence-electron chi connectivity index (χ4n) is 1.48. The monoisotopic (exact) mass is 212 g/mol. The molecule has 1 rings (SSSR count). The normalized spacial score (nSPS) is 15.4. The van der Waals surface area contributed by atoms with Gasteiger partial charge >= 0.3 is 0 Å². The molecule has 0 aliphatic heterocycles. The Morgan fingerprint density at radius 3 is 2.86 bits per heavy atom. The van der Waals surface area contributed by atoms with Crippen LogP contribution in [-0.2, 0) is 0 Å². The molecular weight excluding hydrogens is 192 g/mol. The molecule has 0 fully saturated rings. The lowest BCUT2D eigenvalue weighted by atomic mass is 10.1. The van der Waals surface area contributed by atoms with Gasteiger partial charge in [-0.15, -0.1) is 11.3 Å². The molecule has 0 aromatic carbocycles. The number of nitrogens with zero attached hydrogens (tertiary/aromatic N) is 1. The fourth-order valence-corrected chi connectivity index (χ4v) is 2.18. The second-order valence-corrected chi connectivity index (χ2v) is 4.80. The summed E-state index contributed by atoms with van der Waals surface area (Å²) in [6.07, 6.45) is 4.39. The first-order valence-corrected chi connectivity index (χ1v) is 6.24. The zero-order chi connectivity index (χ0) is 10.4. The molecule has 0 spiro atoms. The predicted octanol–water partition coefficient (Wildman–Crippen LogP) is 3.02. The van der Waals surface area contributed by atoms with Crippen LogP contribution in [0.3, 0.4) is 0 Å². The van der Waals surface area contributed by atoms with Crippen LogP contribution < -0.4 is 5.32 Å². The lowest BCUT2D eigenvalue weighted by Gasteiger charge is -2.15. The van der Waals surface area contributed by atoms with Gasteiger partial charge in [0.05, 0.1) is 5.01 Å². The number of hydrogen-bond acceptors (Lipinski definition) is 3. The third kappa shape index (κ3) is 3.76. The minimum absolute atomic E-state index is 0.536. The largest absolute Gasteiger partial charge is 0.314 e. The molecule has 1 aromatic rings. The van der Waals surface area contributed by atoms with E-state index < -0.39 is 0 Å². The van der Waals surface area contributed by atoms with E-state index in [1.54, 1.807) is 11.3 Å². The van der Waals surface area contributed by atoms with Gasteiger partial charge in [-0.1, -0.05) is 20.3 Å². The summed E-state index contributed by atoms with van der Waals surface area (Å²) >= 11 is 1.74. The van der Waals surface area contributed by atoms with Crippen molar-refractivity contribution in [1.82, 2.24) is 10.3 Å². The van der Waals surface area contributed by atoms with E-state index in [0.717, 1.165) is 6.54 Å². The van der Waals surface area contributed by atoms with Crippen LogP contribution in [0.25, 0.3) is 0 Å². The van der Waals surface area contributed by atoms with Crippen LogP contribution in [0.2, 0.25) is 0 Å². The Bertz CT molecular complexity index is 233. The predicted molar refractivity (Wildman–Crippen MR) is 62.9 cm³/mol. The van der Waals surface area contributed by atoms with Gasteiger partial charge in [0.25, 0.3) is 0 Å². The topological polar surface area (TPSA) is 24.9 Å². The van der Waals surface area contributed by atoms with Crippen LogP contribution in [0.1, 0.15) is 44.5 Å². The first-order valence-electron chi connectivity index (χ1n) is 5.36. The summed E-state index contributed by atoms with van der Waals surface area (Å²) in [5, 5.41) is 6.82. The van der Waals surface area contributed by atoms with Gasteiger partial charge in [0, 0.05) is 30.1 Å². The third-order valence-electron chi connectivity index (χ3n) is 2.37. The van der Waals surface area contributed by atoms with E-state index >= 15 is 0 Å². The van der Waals surface area contributed by atoms with Crippen molar-refractivity contribution < 1.29 is 0 Å². The molecule has 0 saturated carbocycles. The van der Waals surface area contributed by atoms with E-state index in [1.807, 2.05) is 11.6 Å². The first kappa shape index (κ1) is 11.7. The molecule has 3 heteroatoms. The molecule has 80 valence electrons. The van der Waals surface area contributed by atoms with Gasteiger partial charge in [-0.2, -0.15) is 0 Å². The molecule has 0 saturated heterocycles. The van der Waals surface area contributed by atoms with Crippen molar-refractivity contribution in [3.8, 4) is 0 Å². The van der Waals surface area contributed by atoms with Crippen LogP contribution >= 0.6 is 11.3 Å². The number of nitrogens with one attached hydrogen (secondary N) is 1. The lowest BCUT2D eigenvalue weighted by Crippen LogP contribution is -2.29. The Morgan fingerprint density at radius 1 is 1.50 bits per heavy atom. The van der Waals surface area contributed by atoms with Gasteiger partial charge in [-0.05, 0) is 13.3 Å². The highest BCUT2D eigenvalue weighted by atomic mass is 32.1. The van der Waals surface area contributed by atoms with E-state index in [9.17, 15) is 0 Å². The second kappa shape index (κ2) is 6.14. The number of rotatable bonds is 6. The Labute approximate surface area is 90.8 Å². The maximum atomic E-state index is 4.32. The van der Waals surface area contributed by atoms with E-state index in [0.29, 0.717) is 12.0 Å². The van der Waals surface area contributed by atoms with Gasteiger partial charge in [0.15, 0.2) is 0 Å². The van der Waals surface area contributed by atoms with Crippen molar-refractivity contribution >= 4 is 11.3 Å². The molecular formula is C11H20N2S. The Balaban J connectivity index is 2.24. The molecule has 0 amide bonds. The van der Waals surface area contributed by atoms with Crippen molar-refractivity contribution in [2.24, 2.45) is 0 Å². The second-order valence-electron chi connectivity index (χ2n) is 3.87. The molecule has 14 heavy (non-hydrogen) atoms. The average molecular weight is 212 g/mol. The van der Waals surface area contributed by atoms with Crippen LogP contribution in [0.4, 0.5) is 0 Å². The van der Waals surface area contributed by atoms with E-state index in [-0.39, 0.29) is 0 Å². The molecule has 2 unspecified atom stereocenters. The summed E-state index contributed by atoms with van der Waals surface area (Å²) < 4.78 is 0. The quantitative estimate of drug-likeness (QED) is 0.784. The highest BCUT2D eigenvalue weighted by Gasteiger charge is 2.08. The van der Waals surface area contributed by atoms with E-state index in [4.69, 9.17) is 0 Å². The minimum atomic E-state index is 0.536. The average Bonchev–Trinajstić information content (AvgIpc) is 2.67. The van der Waals surface area contributed by atoms with Gasteiger partial charge < -0.3 is 5.32 Å². The van der Waals surface area contributed by atoms with Crippen molar-refractivity contribution in [2.45, 2.75) is 45.6 Å². The third-order valence-corrected chi connectivity index (χ3v) is 3.37. The van der Waals surface area contributed by atoms with Crippen LogP contribution in [-0.4, -0.2) is 17.6 Å². The SMILES string of the molecule is CCCC(C)NCC(C)c1nccs1. The molecule has 1 N–H and O–H groups in total. The van der Waals surface area contributed by atoms with E-state index in [1.165, 1.54) is 17.8 Å². The first-order chi connectivity index (χ1) is 6.74. The summed E-state index contributed by atoms with van der Waals surface area (Å²) in [6, 6.07) is 0.627. The maximum absolute atomic E-state index is 4.32. The number of thiazole rings is 1. The van der Waals surface area contributed by atoms with Gasteiger partial charge in [0.2, 0.25) is 0 Å². The standard InChI is InChI=1S/C11H20N2S/c1-4-5-10(3)13-8-9(2)11-12-6-7-14-11/h6-7,9-10,13H,4-5,8H2,1-3H3. The van der Waals surface area contributed by atoms with Gasteiger partial charge in [0.1, 0.15) is 0 Å². The minimum Gasteiger partial charge on any atom is -0.314 e. The molecule has 2 atom stereocenters. The Morgan fingerprint density at radius 2 is 2.29 bits per heavy atom. The molecule has 1 aromatic heterocycles. The summed E-state index contributed by atoms with van der Waals surface area (Å²) in [4.78, 5) is 4.32. The number of aromatic nitrogens is 1.